The molecule has 2 aromatic rings. The van der Waals surface area contributed by atoms with E-state index in [0.717, 1.165) is 23.1 Å². The first-order chi connectivity index (χ1) is 11.3. The fraction of sp³-hybridized carbons (Fsp3) is 0.333. The van der Waals surface area contributed by atoms with Crippen LogP contribution in [0.4, 0.5) is 11.4 Å². The van der Waals surface area contributed by atoms with Crippen molar-refractivity contribution in [2.24, 2.45) is 0 Å². The molecule has 0 saturated carbocycles. The first-order valence-electron chi connectivity index (χ1n) is 7.75. The highest BCUT2D eigenvalue weighted by Gasteiger charge is 2.09. The minimum Gasteiger partial charge on any atom is -0.379 e. The Morgan fingerprint density at radius 3 is 2.21 bits per heavy atom. The highest BCUT2D eigenvalue weighted by Crippen LogP contribution is 2.24. The van der Waals surface area contributed by atoms with E-state index >= 15 is 0 Å². The lowest BCUT2D eigenvalue weighted by Gasteiger charge is -2.18. The van der Waals surface area contributed by atoms with Gasteiger partial charge in [0.05, 0.1) is 12.4 Å². The molecule has 0 heterocycles. The second-order valence-electron chi connectivity index (χ2n) is 5.87. The quantitative estimate of drug-likeness (QED) is 0.795. The van der Waals surface area contributed by atoms with E-state index in [1.165, 1.54) is 0 Å². The lowest BCUT2D eigenvalue weighted by molar-refractivity contribution is 0.119. The molecule has 0 spiro atoms. The van der Waals surface area contributed by atoms with Crippen LogP contribution in [0.5, 0.6) is 0 Å². The maximum absolute atomic E-state index is 11.2. The second-order valence-corrected chi connectivity index (χ2v) is 7.61. The summed E-state index contributed by atoms with van der Waals surface area (Å²) in [5.74, 6) is 0. The average molecular weight is 348 g/mol. The minimum atomic E-state index is -3.25. The summed E-state index contributed by atoms with van der Waals surface area (Å²) < 4.78 is 30.3. The Labute approximate surface area is 144 Å². The minimum absolute atomic E-state index is 0.0448. The van der Waals surface area contributed by atoms with Crippen LogP contribution in [0.25, 0.3) is 0 Å². The smallest absolute Gasteiger partial charge is 0.229 e. The van der Waals surface area contributed by atoms with Crippen molar-refractivity contribution >= 4 is 21.4 Å². The first kappa shape index (κ1) is 18.3. The topological polar surface area (TPSA) is 67.4 Å². The van der Waals surface area contributed by atoms with E-state index in [9.17, 15) is 8.42 Å². The molecular weight excluding hydrogens is 324 g/mol. The van der Waals surface area contributed by atoms with Crippen LogP contribution in [0, 0.1) is 0 Å². The summed E-state index contributed by atoms with van der Waals surface area (Å²) in [6.45, 7) is 4.07. The Balaban J connectivity index is 2.08. The van der Waals surface area contributed by atoms with Crippen molar-refractivity contribution < 1.29 is 13.2 Å². The number of hydrogen-bond donors (Lipinski definition) is 2. The number of ether oxygens (including phenoxy) is 1. The molecule has 0 bridgehead atoms. The number of sulfonamides is 1. The van der Waals surface area contributed by atoms with E-state index in [1.807, 2.05) is 37.3 Å². The molecule has 0 aliphatic carbocycles. The van der Waals surface area contributed by atoms with Gasteiger partial charge in [0.25, 0.3) is 0 Å². The molecule has 2 atom stereocenters. The number of methoxy groups -OCH3 is 1. The highest BCUT2D eigenvalue weighted by molar-refractivity contribution is 7.92. The number of benzene rings is 2. The lowest BCUT2D eigenvalue weighted by atomic mass is 10.1. The van der Waals surface area contributed by atoms with Crippen molar-refractivity contribution in [1.29, 1.82) is 0 Å². The Hall–Kier alpha value is -2.05. The van der Waals surface area contributed by atoms with Gasteiger partial charge in [-0.3, -0.25) is 4.72 Å². The van der Waals surface area contributed by atoms with Crippen LogP contribution in [-0.2, 0) is 14.8 Å². The van der Waals surface area contributed by atoms with Crippen LogP contribution in [0.15, 0.2) is 48.5 Å². The van der Waals surface area contributed by atoms with Crippen molar-refractivity contribution in [3.63, 3.8) is 0 Å². The molecule has 0 radical (unpaired) electrons. The summed E-state index contributed by atoms with van der Waals surface area (Å²) in [4.78, 5) is 0. The SMILES string of the molecule is COC(C)c1cccc(NC(C)c2ccc(NS(C)(=O)=O)cc2)c1. The van der Waals surface area contributed by atoms with Gasteiger partial charge in [0.2, 0.25) is 10.0 Å². The van der Waals surface area contributed by atoms with Crippen LogP contribution in [-0.4, -0.2) is 21.8 Å². The van der Waals surface area contributed by atoms with Gasteiger partial charge in [-0.25, -0.2) is 8.42 Å². The van der Waals surface area contributed by atoms with Gasteiger partial charge in [0, 0.05) is 24.5 Å². The third-order valence-electron chi connectivity index (χ3n) is 3.81. The molecular formula is C18H24N2O3S. The molecule has 0 aromatic heterocycles. The van der Waals surface area contributed by atoms with E-state index in [0.29, 0.717) is 5.69 Å². The summed E-state index contributed by atoms with van der Waals surface area (Å²) in [5.41, 5.74) is 3.76. The van der Waals surface area contributed by atoms with Crippen LogP contribution in [0.1, 0.15) is 37.1 Å². The summed E-state index contributed by atoms with van der Waals surface area (Å²) >= 11 is 0. The molecule has 6 heteroatoms. The molecule has 5 nitrogen and oxygen atoms in total. The predicted molar refractivity (Wildman–Crippen MR) is 98.8 cm³/mol. The molecule has 0 amide bonds. The standard InChI is InChI=1S/C18H24N2O3S/c1-13(15-8-10-17(11-9-15)20-24(4,21)22)19-18-7-5-6-16(12-18)14(2)23-3/h5-14,19-20H,1-4H3. The van der Waals surface area contributed by atoms with Crippen molar-refractivity contribution in [2.75, 3.05) is 23.4 Å². The Bertz CT molecular complexity index is 773. The maximum Gasteiger partial charge on any atom is 0.229 e. The maximum atomic E-state index is 11.2. The number of anilines is 2. The van der Waals surface area contributed by atoms with Gasteiger partial charge in [-0.15, -0.1) is 0 Å². The number of nitrogens with one attached hydrogen (secondary N) is 2. The zero-order valence-electron chi connectivity index (χ0n) is 14.4. The summed E-state index contributed by atoms with van der Waals surface area (Å²) in [7, 11) is -1.56. The molecule has 130 valence electrons. The average Bonchev–Trinajstić information content (AvgIpc) is 2.53. The van der Waals surface area contributed by atoms with E-state index in [-0.39, 0.29) is 12.1 Å². The Kier molecular flexibility index (Phi) is 5.85. The van der Waals surface area contributed by atoms with E-state index in [1.54, 1.807) is 19.2 Å². The van der Waals surface area contributed by atoms with Crippen molar-refractivity contribution in [2.45, 2.75) is 26.0 Å². The van der Waals surface area contributed by atoms with Crippen LogP contribution < -0.4 is 10.0 Å². The zero-order valence-corrected chi connectivity index (χ0v) is 15.2. The molecule has 2 N–H and O–H groups in total. The summed E-state index contributed by atoms with van der Waals surface area (Å²) in [6.07, 6.45) is 1.18. The van der Waals surface area contributed by atoms with Crippen molar-refractivity contribution in [3.8, 4) is 0 Å². The molecule has 0 fully saturated rings. The van der Waals surface area contributed by atoms with E-state index in [2.05, 4.69) is 23.0 Å². The fourth-order valence-corrected chi connectivity index (χ4v) is 2.97. The van der Waals surface area contributed by atoms with Gasteiger partial charge in [-0.05, 0) is 49.2 Å². The Morgan fingerprint density at radius 1 is 0.958 bits per heavy atom. The van der Waals surface area contributed by atoms with Gasteiger partial charge < -0.3 is 10.1 Å². The third kappa shape index (κ3) is 5.25. The monoisotopic (exact) mass is 348 g/mol. The Morgan fingerprint density at radius 2 is 1.62 bits per heavy atom. The van der Waals surface area contributed by atoms with Crippen LogP contribution in [0.3, 0.4) is 0 Å². The van der Waals surface area contributed by atoms with Gasteiger partial charge in [0.15, 0.2) is 0 Å². The number of rotatable bonds is 7. The van der Waals surface area contributed by atoms with Gasteiger partial charge in [-0.1, -0.05) is 24.3 Å². The summed E-state index contributed by atoms with van der Waals surface area (Å²) in [6, 6.07) is 15.6. The molecule has 0 aliphatic heterocycles. The number of hydrogen-bond acceptors (Lipinski definition) is 4. The molecule has 0 aliphatic rings. The third-order valence-corrected chi connectivity index (χ3v) is 4.41. The first-order valence-corrected chi connectivity index (χ1v) is 9.64. The predicted octanol–water partition coefficient (Wildman–Crippen LogP) is 3.94. The van der Waals surface area contributed by atoms with E-state index in [4.69, 9.17) is 4.74 Å². The van der Waals surface area contributed by atoms with Crippen molar-refractivity contribution in [3.05, 3.63) is 59.7 Å². The largest absolute Gasteiger partial charge is 0.379 e. The van der Waals surface area contributed by atoms with Crippen LogP contribution >= 0.6 is 0 Å². The van der Waals surface area contributed by atoms with Gasteiger partial charge in [-0.2, -0.15) is 0 Å². The van der Waals surface area contributed by atoms with E-state index < -0.39 is 10.0 Å². The van der Waals surface area contributed by atoms with Gasteiger partial charge in [0.1, 0.15) is 0 Å². The molecule has 2 unspecified atom stereocenters. The lowest BCUT2D eigenvalue weighted by Crippen LogP contribution is -2.10. The normalized spacial score (nSPS) is 14.0. The second kappa shape index (κ2) is 7.68. The summed E-state index contributed by atoms with van der Waals surface area (Å²) in [5, 5.41) is 3.45. The highest BCUT2D eigenvalue weighted by atomic mass is 32.2. The van der Waals surface area contributed by atoms with Crippen molar-refractivity contribution in [1.82, 2.24) is 0 Å². The zero-order chi connectivity index (χ0) is 17.7. The fourth-order valence-electron chi connectivity index (χ4n) is 2.40. The molecule has 2 rings (SSSR count). The van der Waals surface area contributed by atoms with Crippen LogP contribution in [0.2, 0.25) is 0 Å². The molecule has 0 saturated heterocycles. The molecule has 2 aromatic carbocycles. The van der Waals surface area contributed by atoms with Gasteiger partial charge >= 0.3 is 0 Å². The molecule has 24 heavy (non-hydrogen) atoms.